The van der Waals surface area contributed by atoms with Gasteiger partial charge in [0.05, 0.1) is 12.8 Å². The summed E-state index contributed by atoms with van der Waals surface area (Å²) in [5.41, 5.74) is 1.41. The van der Waals surface area contributed by atoms with E-state index in [4.69, 9.17) is 4.74 Å². The number of aromatic nitrogens is 4. The first-order valence-corrected chi connectivity index (χ1v) is 8.91. The molecule has 1 aliphatic rings. The van der Waals surface area contributed by atoms with Crippen molar-refractivity contribution in [2.45, 2.75) is 39.7 Å². The van der Waals surface area contributed by atoms with Gasteiger partial charge < -0.3 is 9.64 Å². The third-order valence-corrected chi connectivity index (χ3v) is 4.40. The predicted octanol–water partition coefficient (Wildman–Crippen LogP) is 2.32. The summed E-state index contributed by atoms with van der Waals surface area (Å²) in [5, 5.41) is 7.87. The molecule has 0 aromatic carbocycles. The topological polar surface area (TPSA) is 73.1 Å². The fourth-order valence-corrected chi connectivity index (χ4v) is 3.17. The second-order valence-corrected chi connectivity index (χ2v) is 6.54. The van der Waals surface area contributed by atoms with Crippen LogP contribution in [0.3, 0.4) is 0 Å². The number of likely N-dealkylation sites (tertiary alicyclic amines) is 1. The van der Waals surface area contributed by atoms with Crippen LogP contribution in [0.15, 0.2) is 24.5 Å². The highest BCUT2D eigenvalue weighted by Gasteiger charge is 2.27. The molecule has 3 rings (SSSR count). The molecule has 2 aromatic heterocycles. The molecule has 7 heteroatoms. The van der Waals surface area contributed by atoms with Crippen LogP contribution in [-0.4, -0.2) is 50.5 Å². The Morgan fingerprint density at radius 1 is 1.40 bits per heavy atom. The molecule has 1 fully saturated rings. The Labute approximate surface area is 148 Å². The summed E-state index contributed by atoms with van der Waals surface area (Å²) in [7, 11) is 0. The van der Waals surface area contributed by atoms with Crippen molar-refractivity contribution in [1.82, 2.24) is 24.9 Å². The van der Waals surface area contributed by atoms with Gasteiger partial charge >= 0.3 is 0 Å². The largest absolute Gasteiger partial charge is 0.477 e. The van der Waals surface area contributed by atoms with Crippen molar-refractivity contribution in [2.75, 3.05) is 19.7 Å². The van der Waals surface area contributed by atoms with Crippen LogP contribution in [-0.2, 0) is 6.54 Å². The van der Waals surface area contributed by atoms with E-state index in [1.165, 1.54) is 0 Å². The lowest BCUT2D eigenvalue weighted by molar-refractivity contribution is 0.0654. The van der Waals surface area contributed by atoms with Crippen LogP contribution in [0.25, 0.3) is 0 Å². The minimum atomic E-state index is 0.00175. The Kier molecular flexibility index (Phi) is 5.63. The highest BCUT2D eigenvalue weighted by Crippen LogP contribution is 2.23. The van der Waals surface area contributed by atoms with Crippen LogP contribution < -0.4 is 4.74 Å². The Balaban J connectivity index is 1.71. The van der Waals surface area contributed by atoms with Crippen molar-refractivity contribution in [3.63, 3.8) is 0 Å². The van der Waals surface area contributed by atoms with E-state index < -0.39 is 0 Å². The van der Waals surface area contributed by atoms with Gasteiger partial charge in [-0.3, -0.25) is 9.48 Å². The molecule has 0 aliphatic carbocycles. The van der Waals surface area contributed by atoms with Gasteiger partial charge in [0.1, 0.15) is 5.56 Å². The average Bonchev–Trinajstić information content (AvgIpc) is 3.12. The first-order valence-electron chi connectivity index (χ1n) is 8.91. The van der Waals surface area contributed by atoms with Gasteiger partial charge in [0, 0.05) is 31.5 Å². The monoisotopic (exact) mass is 343 g/mol. The van der Waals surface area contributed by atoms with E-state index in [1.807, 2.05) is 41.8 Å². The number of ether oxygens (including phenoxy) is 1. The van der Waals surface area contributed by atoms with Gasteiger partial charge in [0.2, 0.25) is 5.88 Å². The quantitative estimate of drug-likeness (QED) is 0.805. The van der Waals surface area contributed by atoms with Crippen molar-refractivity contribution in [3.05, 3.63) is 35.8 Å². The number of piperidine rings is 1. The van der Waals surface area contributed by atoms with Crippen molar-refractivity contribution in [2.24, 2.45) is 5.92 Å². The summed E-state index contributed by atoms with van der Waals surface area (Å²) in [5.74, 6) is 0.838. The van der Waals surface area contributed by atoms with Crippen molar-refractivity contribution in [3.8, 4) is 5.88 Å². The standard InChI is InChI=1S/C18H25N5O2/c1-3-11-25-17-16(7-6-14(2)20-17)18(24)22-9-4-5-15(12-22)13-23-10-8-19-21-23/h6-8,10,15H,3-5,9,11-13H2,1-2H3. The molecule has 0 saturated carbocycles. The Morgan fingerprint density at radius 2 is 2.28 bits per heavy atom. The van der Waals surface area contributed by atoms with E-state index in [-0.39, 0.29) is 5.91 Å². The molecule has 1 unspecified atom stereocenters. The highest BCUT2D eigenvalue weighted by molar-refractivity contribution is 5.96. The van der Waals surface area contributed by atoms with E-state index in [2.05, 4.69) is 15.3 Å². The number of hydrogen-bond donors (Lipinski definition) is 0. The zero-order valence-corrected chi connectivity index (χ0v) is 14.9. The number of carbonyl (C=O) groups is 1. The van der Waals surface area contributed by atoms with Gasteiger partial charge in [-0.05, 0) is 44.2 Å². The Morgan fingerprint density at radius 3 is 3.04 bits per heavy atom. The van der Waals surface area contributed by atoms with Gasteiger partial charge in [-0.15, -0.1) is 5.10 Å². The lowest BCUT2D eigenvalue weighted by Crippen LogP contribution is -2.41. The molecule has 1 amide bonds. The smallest absolute Gasteiger partial charge is 0.259 e. The zero-order valence-electron chi connectivity index (χ0n) is 14.9. The minimum absolute atomic E-state index is 0.00175. The van der Waals surface area contributed by atoms with E-state index in [0.717, 1.165) is 44.6 Å². The first-order chi connectivity index (χ1) is 12.2. The van der Waals surface area contributed by atoms with Gasteiger partial charge in [-0.2, -0.15) is 0 Å². The minimum Gasteiger partial charge on any atom is -0.477 e. The summed E-state index contributed by atoms with van der Waals surface area (Å²) < 4.78 is 7.55. The van der Waals surface area contributed by atoms with Gasteiger partial charge in [0.25, 0.3) is 5.91 Å². The Hall–Kier alpha value is -2.44. The van der Waals surface area contributed by atoms with E-state index in [9.17, 15) is 4.79 Å². The maximum Gasteiger partial charge on any atom is 0.259 e. The van der Waals surface area contributed by atoms with Gasteiger partial charge in [-0.25, -0.2) is 4.98 Å². The van der Waals surface area contributed by atoms with E-state index in [1.54, 1.807) is 6.20 Å². The molecule has 134 valence electrons. The van der Waals surface area contributed by atoms with Crippen molar-refractivity contribution < 1.29 is 9.53 Å². The molecule has 0 radical (unpaired) electrons. The van der Waals surface area contributed by atoms with Crippen LogP contribution in [0.2, 0.25) is 0 Å². The van der Waals surface area contributed by atoms with Crippen LogP contribution in [0.1, 0.15) is 42.2 Å². The summed E-state index contributed by atoms with van der Waals surface area (Å²) in [6, 6.07) is 3.69. The summed E-state index contributed by atoms with van der Waals surface area (Å²) >= 11 is 0. The van der Waals surface area contributed by atoms with Gasteiger partial charge in [-0.1, -0.05) is 12.1 Å². The second kappa shape index (κ2) is 8.09. The number of aryl methyl sites for hydroxylation is 1. The molecule has 7 nitrogen and oxygen atoms in total. The number of carbonyl (C=O) groups excluding carboxylic acids is 1. The normalized spacial score (nSPS) is 17.5. The predicted molar refractivity (Wildman–Crippen MR) is 93.4 cm³/mol. The number of nitrogens with zero attached hydrogens (tertiary/aromatic N) is 5. The second-order valence-electron chi connectivity index (χ2n) is 6.54. The summed E-state index contributed by atoms with van der Waals surface area (Å²) in [4.78, 5) is 19.3. The molecular weight excluding hydrogens is 318 g/mol. The number of rotatable bonds is 6. The summed E-state index contributed by atoms with van der Waals surface area (Å²) in [6.45, 7) is 6.78. The molecule has 0 bridgehead atoms. The molecule has 25 heavy (non-hydrogen) atoms. The highest BCUT2D eigenvalue weighted by atomic mass is 16.5. The lowest BCUT2D eigenvalue weighted by Gasteiger charge is -2.33. The van der Waals surface area contributed by atoms with Crippen LogP contribution in [0.4, 0.5) is 0 Å². The zero-order chi connectivity index (χ0) is 17.6. The fourth-order valence-electron chi connectivity index (χ4n) is 3.17. The van der Waals surface area contributed by atoms with Crippen molar-refractivity contribution in [1.29, 1.82) is 0 Å². The Bertz CT molecular complexity index is 701. The molecule has 3 heterocycles. The van der Waals surface area contributed by atoms with Crippen LogP contribution >= 0.6 is 0 Å². The third-order valence-electron chi connectivity index (χ3n) is 4.40. The molecule has 0 N–H and O–H groups in total. The molecular formula is C18H25N5O2. The fraction of sp³-hybridized carbons (Fsp3) is 0.556. The van der Waals surface area contributed by atoms with E-state index in [0.29, 0.717) is 24.0 Å². The third kappa shape index (κ3) is 4.35. The number of amides is 1. The van der Waals surface area contributed by atoms with Gasteiger partial charge in [0.15, 0.2) is 0 Å². The molecule has 1 atom stereocenters. The van der Waals surface area contributed by atoms with E-state index >= 15 is 0 Å². The maximum absolute atomic E-state index is 13.0. The number of hydrogen-bond acceptors (Lipinski definition) is 5. The number of pyridine rings is 1. The molecule has 0 spiro atoms. The lowest BCUT2D eigenvalue weighted by atomic mass is 9.97. The molecule has 1 aliphatic heterocycles. The van der Waals surface area contributed by atoms with Crippen LogP contribution in [0.5, 0.6) is 5.88 Å². The van der Waals surface area contributed by atoms with Crippen LogP contribution in [0, 0.1) is 12.8 Å². The summed E-state index contributed by atoms with van der Waals surface area (Å²) in [6.07, 6.45) is 6.51. The molecule has 1 saturated heterocycles. The average molecular weight is 343 g/mol. The SMILES string of the molecule is CCCOc1nc(C)ccc1C(=O)N1CCCC(Cn2ccnn2)C1. The first kappa shape index (κ1) is 17.4. The van der Waals surface area contributed by atoms with Crippen molar-refractivity contribution >= 4 is 5.91 Å². The maximum atomic E-state index is 13.0. The molecule has 2 aromatic rings.